The van der Waals surface area contributed by atoms with Crippen molar-refractivity contribution in [2.75, 3.05) is 33.9 Å². The summed E-state index contributed by atoms with van der Waals surface area (Å²) in [6, 6.07) is 6.07. The molecule has 2 aromatic heterocycles. The number of H-pyrrole nitrogens is 1. The Labute approximate surface area is 141 Å². The van der Waals surface area contributed by atoms with Gasteiger partial charge in [0.1, 0.15) is 0 Å². The number of ether oxygens (including phenoxy) is 2. The van der Waals surface area contributed by atoms with Crippen LogP contribution in [0.3, 0.4) is 0 Å². The summed E-state index contributed by atoms with van der Waals surface area (Å²) in [5, 5.41) is 2.21. The number of hydrogen-bond donors (Lipinski definition) is 1. The quantitative estimate of drug-likeness (QED) is 0.798. The SMILES string of the molecule is COc1cc2c(cc1OCC1CCCN(C)C1)[nH]c1ccncc12. The Morgan fingerprint density at radius 2 is 2.17 bits per heavy atom. The standard InChI is InChI=1S/C19H23N3O2/c1-22-7-3-4-13(11-22)12-24-19-9-17-14(8-18(19)23-2)15-10-20-6-5-16(15)21-17/h5-6,8-10,13,21H,3-4,7,11-12H2,1-2H3. The molecule has 1 aliphatic rings. The number of aromatic nitrogens is 2. The molecule has 0 saturated carbocycles. The molecule has 1 fully saturated rings. The smallest absolute Gasteiger partial charge is 0.163 e. The molecule has 0 aliphatic carbocycles. The first-order valence-electron chi connectivity index (χ1n) is 8.49. The minimum absolute atomic E-state index is 0.580. The summed E-state index contributed by atoms with van der Waals surface area (Å²) in [6.45, 7) is 3.02. The van der Waals surface area contributed by atoms with E-state index in [-0.39, 0.29) is 0 Å². The van der Waals surface area contributed by atoms with Crippen LogP contribution in [-0.2, 0) is 0 Å². The Hall–Kier alpha value is -2.27. The number of likely N-dealkylation sites (tertiary alicyclic amines) is 1. The second-order valence-corrected chi connectivity index (χ2v) is 6.68. The molecule has 24 heavy (non-hydrogen) atoms. The van der Waals surface area contributed by atoms with Gasteiger partial charge in [-0.2, -0.15) is 0 Å². The highest BCUT2D eigenvalue weighted by atomic mass is 16.5. The molecule has 3 heterocycles. The van der Waals surface area contributed by atoms with Gasteiger partial charge in [0, 0.05) is 47.2 Å². The summed E-state index contributed by atoms with van der Waals surface area (Å²) >= 11 is 0. The lowest BCUT2D eigenvalue weighted by Gasteiger charge is -2.29. The number of nitrogens with zero attached hydrogens (tertiary/aromatic N) is 2. The van der Waals surface area contributed by atoms with Gasteiger partial charge in [-0.05, 0) is 38.6 Å². The van der Waals surface area contributed by atoms with Crippen molar-refractivity contribution in [3.63, 3.8) is 0 Å². The van der Waals surface area contributed by atoms with Gasteiger partial charge in [-0.1, -0.05) is 0 Å². The number of hydrogen-bond acceptors (Lipinski definition) is 4. The van der Waals surface area contributed by atoms with Crippen molar-refractivity contribution in [3.05, 3.63) is 30.6 Å². The van der Waals surface area contributed by atoms with E-state index in [2.05, 4.69) is 21.9 Å². The van der Waals surface area contributed by atoms with Gasteiger partial charge in [0.05, 0.1) is 19.2 Å². The number of pyridine rings is 1. The zero-order valence-corrected chi connectivity index (χ0v) is 14.2. The molecule has 0 radical (unpaired) electrons. The van der Waals surface area contributed by atoms with Crippen LogP contribution >= 0.6 is 0 Å². The van der Waals surface area contributed by atoms with Crippen molar-refractivity contribution in [3.8, 4) is 11.5 Å². The molecule has 0 spiro atoms. The van der Waals surface area contributed by atoms with Gasteiger partial charge in [0.25, 0.3) is 0 Å². The molecule has 1 atom stereocenters. The highest BCUT2D eigenvalue weighted by molar-refractivity contribution is 6.07. The summed E-state index contributed by atoms with van der Waals surface area (Å²) in [5.41, 5.74) is 2.13. The first kappa shape index (κ1) is 15.3. The van der Waals surface area contributed by atoms with Crippen LogP contribution in [0.5, 0.6) is 11.5 Å². The van der Waals surface area contributed by atoms with Crippen molar-refractivity contribution < 1.29 is 9.47 Å². The van der Waals surface area contributed by atoms with E-state index in [1.807, 2.05) is 24.4 Å². The molecule has 5 nitrogen and oxygen atoms in total. The third-order valence-electron chi connectivity index (χ3n) is 4.88. The number of nitrogens with one attached hydrogen (secondary N) is 1. The maximum Gasteiger partial charge on any atom is 0.163 e. The fourth-order valence-corrected chi connectivity index (χ4v) is 3.64. The molecule has 1 aromatic carbocycles. The summed E-state index contributed by atoms with van der Waals surface area (Å²) < 4.78 is 11.7. The lowest BCUT2D eigenvalue weighted by molar-refractivity contribution is 0.148. The maximum absolute atomic E-state index is 6.13. The minimum Gasteiger partial charge on any atom is -0.493 e. The van der Waals surface area contributed by atoms with E-state index in [0.29, 0.717) is 5.92 Å². The summed E-state index contributed by atoms with van der Waals surface area (Å²) in [7, 11) is 3.87. The summed E-state index contributed by atoms with van der Waals surface area (Å²) in [5.74, 6) is 2.16. The van der Waals surface area contributed by atoms with Gasteiger partial charge in [-0.25, -0.2) is 0 Å². The lowest BCUT2D eigenvalue weighted by Crippen LogP contribution is -2.34. The van der Waals surface area contributed by atoms with Gasteiger partial charge in [0.15, 0.2) is 11.5 Å². The molecule has 1 aliphatic heterocycles. The molecule has 1 saturated heterocycles. The van der Waals surface area contributed by atoms with Crippen molar-refractivity contribution in [2.24, 2.45) is 5.92 Å². The maximum atomic E-state index is 6.13. The van der Waals surface area contributed by atoms with Crippen LogP contribution in [0.2, 0.25) is 0 Å². The number of piperidine rings is 1. The lowest BCUT2D eigenvalue weighted by atomic mass is 9.99. The van der Waals surface area contributed by atoms with Crippen LogP contribution in [-0.4, -0.2) is 48.7 Å². The molecule has 3 aromatic rings. The minimum atomic E-state index is 0.580. The molecule has 0 amide bonds. The molecular formula is C19H23N3O2. The van der Waals surface area contributed by atoms with E-state index in [1.165, 1.54) is 19.4 Å². The van der Waals surface area contributed by atoms with Crippen LogP contribution in [0, 0.1) is 5.92 Å². The van der Waals surface area contributed by atoms with E-state index in [4.69, 9.17) is 9.47 Å². The molecule has 4 rings (SSSR count). The largest absolute Gasteiger partial charge is 0.493 e. The van der Waals surface area contributed by atoms with Gasteiger partial charge in [-0.3, -0.25) is 4.98 Å². The third kappa shape index (κ3) is 2.80. The molecule has 0 bridgehead atoms. The molecule has 126 valence electrons. The highest BCUT2D eigenvalue weighted by Crippen LogP contribution is 2.36. The van der Waals surface area contributed by atoms with E-state index >= 15 is 0 Å². The predicted octanol–water partition coefficient (Wildman–Crippen LogP) is 3.45. The third-order valence-corrected chi connectivity index (χ3v) is 4.88. The Kier molecular flexibility index (Phi) is 4.02. The second kappa shape index (κ2) is 6.32. The first-order chi connectivity index (χ1) is 11.7. The van der Waals surface area contributed by atoms with Gasteiger partial charge < -0.3 is 19.4 Å². The number of benzene rings is 1. The average Bonchev–Trinajstić information content (AvgIpc) is 2.96. The number of fused-ring (bicyclic) bond motifs is 3. The van der Waals surface area contributed by atoms with Crippen LogP contribution in [0.25, 0.3) is 21.8 Å². The van der Waals surface area contributed by atoms with Crippen molar-refractivity contribution >= 4 is 21.8 Å². The molecular weight excluding hydrogens is 302 g/mol. The fraction of sp³-hybridized carbons (Fsp3) is 0.421. The monoisotopic (exact) mass is 325 g/mol. The van der Waals surface area contributed by atoms with E-state index < -0.39 is 0 Å². The normalized spacial score (nSPS) is 19.0. The Balaban J connectivity index is 1.63. The Morgan fingerprint density at radius 1 is 1.25 bits per heavy atom. The van der Waals surface area contributed by atoms with Crippen molar-refractivity contribution in [1.29, 1.82) is 0 Å². The fourth-order valence-electron chi connectivity index (χ4n) is 3.64. The Morgan fingerprint density at radius 3 is 3.00 bits per heavy atom. The topological polar surface area (TPSA) is 50.4 Å². The zero-order chi connectivity index (χ0) is 16.5. The van der Waals surface area contributed by atoms with Gasteiger partial charge >= 0.3 is 0 Å². The zero-order valence-electron chi connectivity index (χ0n) is 14.2. The number of rotatable bonds is 4. The van der Waals surface area contributed by atoms with Crippen molar-refractivity contribution in [2.45, 2.75) is 12.8 Å². The first-order valence-corrected chi connectivity index (χ1v) is 8.49. The predicted molar refractivity (Wildman–Crippen MR) is 95.9 cm³/mol. The molecule has 1 N–H and O–H groups in total. The highest BCUT2D eigenvalue weighted by Gasteiger charge is 2.19. The number of aromatic amines is 1. The number of methoxy groups -OCH3 is 1. The van der Waals surface area contributed by atoms with Crippen LogP contribution < -0.4 is 9.47 Å². The summed E-state index contributed by atoms with van der Waals surface area (Å²) in [4.78, 5) is 10.0. The summed E-state index contributed by atoms with van der Waals surface area (Å²) in [6.07, 6.45) is 6.15. The molecule has 5 heteroatoms. The Bertz CT molecular complexity index is 858. The van der Waals surface area contributed by atoms with Crippen LogP contribution in [0.1, 0.15) is 12.8 Å². The van der Waals surface area contributed by atoms with Gasteiger partial charge in [0.2, 0.25) is 0 Å². The van der Waals surface area contributed by atoms with Crippen molar-refractivity contribution in [1.82, 2.24) is 14.9 Å². The van der Waals surface area contributed by atoms with E-state index in [1.54, 1.807) is 13.3 Å². The second-order valence-electron chi connectivity index (χ2n) is 6.68. The van der Waals surface area contributed by atoms with Crippen LogP contribution in [0.4, 0.5) is 0 Å². The molecule has 1 unspecified atom stereocenters. The van der Waals surface area contributed by atoms with E-state index in [9.17, 15) is 0 Å². The van der Waals surface area contributed by atoms with Gasteiger partial charge in [-0.15, -0.1) is 0 Å². The van der Waals surface area contributed by atoms with Crippen LogP contribution in [0.15, 0.2) is 30.6 Å². The average molecular weight is 325 g/mol. The van der Waals surface area contributed by atoms with E-state index in [0.717, 1.165) is 46.5 Å².